The molecule has 6 heteroatoms. The third-order valence-corrected chi connectivity index (χ3v) is 13.5. The van der Waals surface area contributed by atoms with Gasteiger partial charge in [-0.3, -0.25) is 0 Å². The quantitative estimate of drug-likeness (QED) is 0.0646. The minimum Gasteiger partial charge on any atom is -0.494 e. The van der Waals surface area contributed by atoms with Crippen molar-refractivity contribution in [3.8, 4) is 32.4 Å². The van der Waals surface area contributed by atoms with E-state index in [0.717, 1.165) is 37.6 Å². The van der Waals surface area contributed by atoms with E-state index < -0.39 is 0 Å². The molecule has 2 nitrogen and oxygen atoms in total. The molecule has 234 valence electrons. The predicted octanol–water partition coefficient (Wildman–Crippen LogP) is 14.1. The SMILES string of the molecule is CCCCCCCCOc1ccc(-c2sc3cc4c(I)c(-c5ccc(OCCCCCCCC)cc5)sc4cc3c2I)cc1. The van der Waals surface area contributed by atoms with Gasteiger partial charge in [-0.25, -0.2) is 0 Å². The summed E-state index contributed by atoms with van der Waals surface area (Å²) < 4.78 is 17.4. The van der Waals surface area contributed by atoms with E-state index in [1.54, 1.807) is 0 Å². The molecule has 0 fully saturated rings. The Bertz CT molecular complexity index is 1480. The molecule has 0 N–H and O–H groups in total. The highest BCUT2D eigenvalue weighted by atomic mass is 127. The second kappa shape index (κ2) is 17.5. The summed E-state index contributed by atoms with van der Waals surface area (Å²) in [6.07, 6.45) is 15.4. The van der Waals surface area contributed by atoms with E-state index in [1.807, 2.05) is 22.7 Å². The van der Waals surface area contributed by atoms with Crippen molar-refractivity contribution < 1.29 is 9.47 Å². The van der Waals surface area contributed by atoms with Crippen molar-refractivity contribution in [3.63, 3.8) is 0 Å². The Hall–Kier alpha value is -1.36. The van der Waals surface area contributed by atoms with Crippen molar-refractivity contribution in [1.82, 2.24) is 0 Å². The maximum absolute atomic E-state index is 6.03. The lowest BCUT2D eigenvalue weighted by molar-refractivity contribution is 0.304. The fourth-order valence-electron chi connectivity index (χ4n) is 5.55. The molecule has 44 heavy (non-hydrogen) atoms. The summed E-state index contributed by atoms with van der Waals surface area (Å²) in [7, 11) is 0. The standard InChI is InChI=1S/C38H44I2O2S2/c1-3-5-7-9-11-13-23-41-29-19-15-27(16-20-29)37-35(39)31-25-34-32(26-33(31)43-37)36(40)38(44-34)28-17-21-30(22-18-28)42-24-14-12-10-8-6-4-2/h15-22,25-26H,3-14,23-24H2,1-2H3. The number of unbranched alkanes of at least 4 members (excludes halogenated alkanes) is 10. The van der Waals surface area contributed by atoms with Crippen LogP contribution >= 0.6 is 67.9 Å². The number of hydrogen-bond donors (Lipinski definition) is 0. The van der Waals surface area contributed by atoms with Gasteiger partial charge in [0.25, 0.3) is 0 Å². The first-order chi connectivity index (χ1) is 21.6. The largest absolute Gasteiger partial charge is 0.494 e. The first kappa shape index (κ1) is 34.0. The van der Waals surface area contributed by atoms with E-state index in [4.69, 9.17) is 9.47 Å². The first-order valence-corrected chi connectivity index (χ1v) is 20.2. The summed E-state index contributed by atoms with van der Waals surface area (Å²) in [5.41, 5.74) is 2.53. The molecule has 0 atom stereocenters. The smallest absolute Gasteiger partial charge is 0.119 e. The number of ether oxygens (including phenoxy) is 2. The molecular weight excluding hydrogens is 806 g/mol. The van der Waals surface area contributed by atoms with Crippen molar-refractivity contribution in [3.05, 3.63) is 67.8 Å². The van der Waals surface area contributed by atoms with Gasteiger partial charge in [0, 0.05) is 37.1 Å². The van der Waals surface area contributed by atoms with Crippen LogP contribution in [0.25, 0.3) is 41.1 Å². The van der Waals surface area contributed by atoms with Crippen molar-refractivity contribution in [2.24, 2.45) is 0 Å². The van der Waals surface area contributed by atoms with E-state index in [-0.39, 0.29) is 0 Å². The first-order valence-electron chi connectivity index (χ1n) is 16.4. The molecule has 2 heterocycles. The second-order valence-corrected chi connectivity index (χ2v) is 15.9. The van der Waals surface area contributed by atoms with E-state index in [1.165, 1.54) is 112 Å². The van der Waals surface area contributed by atoms with E-state index in [9.17, 15) is 0 Å². The van der Waals surface area contributed by atoms with Crippen LogP contribution in [0.15, 0.2) is 60.7 Å². The highest BCUT2D eigenvalue weighted by Crippen LogP contribution is 2.46. The molecule has 5 rings (SSSR count). The van der Waals surface area contributed by atoms with Gasteiger partial charge < -0.3 is 9.47 Å². The van der Waals surface area contributed by atoms with Crippen LogP contribution in [0.1, 0.15) is 90.9 Å². The molecule has 0 aliphatic heterocycles. The molecule has 0 spiro atoms. The molecule has 0 amide bonds. The molecule has 3 aromatic carbocycles. The molecule has 0 unspecified atom stereocenters. The zero-order chi connectivity index (χ0) is 30.7. The number of rotatable bonds is 18. The minimum absolute atomic E-state index is 0.806. The summed E-state index contributed by atoms with van der Waals surface area (Å²) in [6, 6.07) is 22.2. The Kier molecular flexibility index (Phi) is 13.5. The van der Waals surface area contributed by atoms with Crippen LogP contribution in [0, 0.1) is 7.14 Å². The van der Waals surface area contributed by atoms with E-state index in [0.29, 0.717) is 0 Å². The lowest BCUT2D eigenvalue weighted by Crippen LogP contribution is -1.97. The molecule has 0 saturated carbocycles. The lowest BCUT2D eigenvalue weighted by atomic mass is 10.1. The number of fused-ring (bicyclic) bond motifs is 2. The van der Waals surface area contributed by atoms with Crippen LogP contribution in [0.4, 0.5) is 0 Å². The van der Waals surface area contributed by atoms with Gasteiger partial charge >= 0.3 is 0 Å². The van der Waals surface area contributed by atoms with Gasteiger partial charge in [-0.05, 0) is 130 Å². The number of benzene rings is 3. The molecule has 5 aromatic rings. The van der Waals surface area contributed by atoms with Gasteiger partial charge in [-0.15, -0.1) is 22.7 Å². The maximum Gasteiger partial charge on any atom is 0.119 e. The van der Waals surface area contributed by atoms with Crippen LogP contribution in [0.3, 0.4) is 0 Å². The van der Waals surface area contributed by atoms with Gasteiger partial charge in [0.05, 0.1) is 13.2 Å². The highest BCUT2D eigenvalue weighted by molar-refractivity contribution is 14.1. The highest BCUT2D eigenvalue weighted by Gasteiger charge is 2.17. The van der Waals surface area contributed by atoms with Crippen LogP contribution in [0.5, 0.6) is 11.5 Å². The Labute approximate surface area is 299 Å². The van der Waals surface area contributed by atoms with Crippen LogP contribution < -0.4 is 9.47 Å². The van der Waals surface area contributed by atoms with Gasteiger partial charge in [0.1, 0.15) is 11.5 Å². The minimum atomic E-state index is 0.806. The zero-order valence-electron chi connectivity index (χ0n) is 26.1. The summed E-state index contributed by atoms with van der Waals surface area (Å²) in [4.78, 5) is 2.68. The van der Waals surface area contributed by atoms with Crippen LogP contribution in [0.2, 0.25) is 0 Å². The van der Waals surface area contributed by atoms with Gasteiger partial charge in [-0.2, -0.15) is 0 Å². The van der Waals surface area contributed by atoms with Crippen molar-refractivity contribution >= 4 is 88.0 Å². The molecule has 0 aliphatic carbocycles. The van der Waals surface area contributed by atoms with Crippen molar-refractivity contribution in [2.45, 2.75) is 90.9 Å². The van der Waals surface area contributed by atoms with Crippen LogP contribution in [-0.2, 0) is 0 Å². The topological polar surface area (TPSA) is 18.5 Å². The summed E-state index contributed by atoms with van der Waals surface area (Å²) in [6.45, 7) is 6.14. The fraction of sp³-hybridized carbons (Fsp3) is 0.421. The Morgan fingerprint density at radius 3 is 1.25 bits per heavy atom. The Balaban J connectivity index is 1.22. The number of thiophene rings is 2. The average molecular weight is 851 g/mol. The van der Waals surface area contributed by atoms with E-state index >= 15 is 0 Å². The average Bonchev–Trinajstić information content (AvgIpc) is 3.55. The normalized spacial score (nSPS) is 11.5. The summed E-state index contributed by atoms with van der Waals surface area (Å²) in [5, 5.41) is 2.70. The Morgan fingerprint density at radius 2 is 0.864 bits per heavy atom. The van der Waals surface area contributed by atoms with E-state index in [2.05, 4.69) is 120 Å². The monoisotopic (exact) mass is 850 g/mol. The lowest BCUT2D eigenvalue weighted by Gasteiger charge is -2.07. The predicted molar refractivity (Wildman–Crippen MR) is 211 cm³/mol. The summed E-state index contributed by atoms with van der Waals surface area (Å²) in [5.74, 6) is 1.94. The Morgan fingerprint density at radius 1 is 0.500 bits per heavy atom. The van der Waals surface area contributed by atoms with Gasteiger partial charge in [-0.1, -0.05) is 78.1 Å². The molecule has 0 saturated heterocycles. The van der Waals surface area contributed by atoms with Crippen molar-refractivity contribution in [1.29, 1.82) is 0 Å². The number of halogens is 2. The fourth-order valence-corrected chi connectivity index (χ4v) is 10.3. The molecule has 2 aromatic heterocycles. The summed E-state index contributed by atoms with van der Waals surface area (Å²) >= 11 is 8.87. The molecular formula is C38H44I2O2S2. The van der Waals surface area contributed by atoms with Crippen LogP contribution in [-0.4, -0.2) is 13.2 Å². The second-order valence-electron chi connectivity index (χ2n) is 11.6. The van der Waals surface area contributed by atoms with Crippen molar-refractivity contribution in [2.75, 3.05) is 13.2 Å². The third-order valence-electron chi connectivity index (χ3n) is 8.14. The zero-order valence-corrected chi connectivity index (χ0v) is 32.0. The maximum atomic E-state index is 6.03. The van der Waals surface area contributed by atoms with Gasteiger partial charge in [0.15, 0.2) is 0 Å². The third kappa shape index (κ3) is 8.91. The number of hydrogen-bond acceptors (Lipinski definition) is 4. The molecule has 0 aliphatic rings. The van der Waals surface area contributed by atoms with Gasteiger partial charge in [0.2, 0.25) is 0 Å². The molecule has 0 bridgehead atoms. The molecule has 0 radical (unpaired) electrons.